The van der Waals surface area contributed by atoms with Crippen molar-refractivity contribution in [2.24, 2.45) is 4.99 Å². The maximum Gasteiger partial charge on any atom is 0.0643 e. The van der Waals surface area contributed by atoms with E-state index in [-0.39, 0.29) is 0 Å². The Hall–Kier alpha value is -1.80. The molecule has 0 fully saturated rings. The Morgan fingerprint density at radius 2 is 1.67 bits per heavy atom. The fraction of sp³-hybridized carbons (Fsp3) is 0.133. The van der Waals surface area contributed by atoms with E-state index in [0.717, 1.165) is 35.1 Å². The molecule has 0 amide bonds. The summed E-state index contributed by atoms with van der Waals surface area (Å²) >= 11 is 6.29. The first-order chi connectivity index (χ1) is 8.86. The molecule has 0 saturated carbocycles. The lowest BCUT2D eigenvalue weighted by molar-refractivity contribution is 0.935. The van der Waals surface area contributed by atoms with E-state index in [9.17, 15) is 0 Å². The normalized spacial score (nSPS) is 14.2. The number of nitrogens with zero attached hydrogens (tertiary/aromatic N) is 2. The number of fused-ring (bicyclic) bond motifs is 1. The molecule has 90 valence electrons. The summed E-state index contributed by atoms with van der Waals surface area (Å²) in [6.07, 6.45) is 1.94. The highest BCUT2D eigenvalue weighted by molar-refractivity contribution is 6.33. The lowest BCUT2D eigenvalue weighted by Gasteiger charge is -2.25. The molecule has 0 aromatic heterocycles. The Kier molecular flexibility index (Phi) is 3.03. The topological polar surface area (TPSA) is 15.6 Å². The molecule has 0 N–H and O–H groups in total. The van der Waals surface area contributed by atoms with Crippen molar-refractivity contribution in [3.63, 3.8) is 0 Å². The zero-order chi connectivity index (χ0) is 12.4. The summed E-state index contributed by atoms with van der Waals surface area (Å²) in [6.45, 7) is 1.62. The fourth-order valence-electron chi connectivity index (χ4n) is 2.20. The molecule has 2 nitrogen and oxygen atoms in total. The van der Waals surface area contributed by atoms with Gasteiger partial charge in [-0.1, -0.05) is 41.9 Å². The average molecular weight is 257 g/mol. The van der Waals surface area contributed by atoms with Crippen LogP contribution in [0.1, 0.15) is 5.56 Å². The molecule has 0 bridgehead atoms. The largest absolute Gasteiger partial charge is 0.338 e. The molecule has 2 aromatic carbocycles. The molecule has 0 radical (unpaired) electrons. The number of anilines is 2. The second-order valence-electron chi connectivity index (χ2n) is 4.20. The molecule has 0 saturated heterocycles. The van der Waals surface area contributed by atoms with Gasteiger partial charge in [0.25, 0.3) is 0 Å². The summed E-state index contributed by atoms with van der Waals surface area (Å²) in [5.41, 5.74) is 3.33. The zero-order valence-electron chi connectivity index (χ0n) is 9.88. The Balaban J connectivity index is 2.12. The third kappa shape index (κ3) is 2.00. The van der Waals surface area contributed by atoms with Gasteiger partial charge in [-0.15, -0.1) is 0 Å². The maximum absolute atomic E-state index is 6.29. The maximum atomic E-state index is 6.29. The van der Waals surface area contributed by atoms with Crippen LogP contribution in [0.5, 0.6) is 0 Å². The molecule has 1 heterocycles. The van der Waals surface area contributed by atoms with E-state index in [0.29, 0.717) is 0 Å². The minimum atomic E-state index is 0.772. The summed E-state index contributed by atoms with van der Waals surface area (Å²) in [4.78, 5) is 6.63. The fourth-order valence-corrected chi connectivity index (χ4v) is 2.44. The van der Waals surface area contributed by atoms with E-state index in [1.165, 1.54) is 0 Å². The van der Waals surface area contributed by atoms with Gasteiger partial charge in [0.1, 0.15) is 0 Å². The lowest BCUT2D eigenvalue weighted by Crippen LogP contribution is -2.20. The van der Waals surface area contributed by atoms with E-state index >= 15 is 0 Å². The van der Waals surface area contributed by atoms with Crippen LogP contribution >= 0.6 is 11.6 Å². The van der Waals surface area contributed by atoms with Crippen molar-refractivity contribution in [1.82, 2.24) is 0 Å². The van der Waals surface area contributed by atoms with Crippen molar-refractivity contribution < 1.29 is 0 Å². The highest BCUT2D eigenvalue weighted by Gasteiger charge is 2.16. The molecule has 0 aliphatic carbocycles. The van der Waals surface area contributed by atoms with Gasteiger partial charge in [0.2, 0.25) is 0 Å². The van der Waals surface area contributed by atoms with Crippen LogP contribution in [-0.4, -0.2) is 19.3 Å². The Morgan fingerprint density at radius 3 is 2.50 bits per heavy atom. The van der Waals surface area contributed by atoms with Crippen LogP contribution in [0, 0.1) is 0 Å². The van der Waals surface area contributed by atoms with E-state index in [1.54, 1.807) is 0 Å². The predicted octanol–water partition coefficient (Wildman–Crippen LogP) is 3.91. The van der Waals surface area contributed by atoms with Gasteiger partial charge in [-0.05, 0) is 18.2 Å². The van der Waals surface area contributed by atoms with Gasteiger partial charge in [0.15, 0.2) is 0 Å². The van der Waals surface area contributed by atoms with Crippen LogP contribution in [0.15, 0.2) is 53.5 Å². The summed E-state index contributed by atoms with van der Waals surface area (Å²) in [6, 6.07) is 16.2. The molecular weight excluding hydrogens is 244 g/mol. The van der Waals surface area contributed by atoms with E-state index in [2.05, 4.69) is 22.0 Å². The number of halogens is 1. The van der Waals surface area contributed by atoms with Crippen LogP contribution < -0.4 is 4.90 Å². The molecule has 2 aromatic rings. The van der Waals surface area contributed by atoms with Crippen molar-refractivity contribution in [3.8, 4) is 0 Å². The molecule has 1 aliphatic heterocycles. The van der Waals surface area contributed by atoms with Crippen molar-refractivity contribution in [2.75, 3.05) is 18.0 Å². The van der Waals surface area contributed by atoms with Crippen LogP contribution in [0.4, 0.5) is 11.4 Å². The number of hydrogen-bond acceptors (Lipinski definition) is 2. The zero-order valence-corrected chi connectivity index (χ0v) is 10.6. The predicted molar refractivity (Wildman–Crippen MR) is 77.4 cm³/mol. The SMILES string of the molecule is Clc1ccccc1N1CCN=Cc2ccccc21. The minimum Gasteiger partial charge on any atom is -0.338 e. The lowest BCUT2D eigenvalue weighted by atomic mass is 10.1. The number of benzene rings is 2. The highest BCUT2D eigenvalue weighted by Crippen LogP contribution is 2.33. The second-order valence-corrected chi connectivity index (χ2v) is 4.60. The van der Waals surface area contributed by atoms with Crippen molar-refractivity contribution in [2.45, 2.75) is 0 Å². The number of rotatable bonds is 1. The first-order valence-corrected chi connectivity index (χ1v) is 6.35. The van der Waals surface area contributed by atoms with Gasteiger partial charge >= 0.3 is 0 Å². The monoisotopic (exact) mass is 256 g/mol. The first-order valence-electron chi connectivity index (χ1n) is 5.97. The van der Waals surface area contributed by atoms with Crippen LogP contribution in [0.2, 0.25) is 5.02 Å². The summed E-state index contributed by atoms with van der Waals surface area (Å²) in [7, 11) is 0. The standard InChI is InChI=1S/C15H13ClN2/c16-13-6-2-4-8-15(13)18-10-9-17-11-12-5-1-3-7-14(12)18/h1-8,11H,9-10H2. The van der Waals surface area contributed by atoms with Crippen LogP contribution in [-0.2, 0) is 0 Å². The van der Waals surface area contributed by atoms with Crippen molar-refractivity contribution in [3.05, 3.63) is 59.1 Å². The Labute approximate surface area is 112 Å². The second kappa shape index (κ2) is 4.83. The number of benzodiazepines with no additional fused rings is 1. The quantitative estimate of drug-likeness (QED) is 0.755. The van der Waals surface area contributed by atoms with E-state index < -0.39 is 0 Å². The van der Waals surface area contributed by atoms with Crippen LogP contribution in [0.3, 0.4) is 0 Å². The number of hydrogen-bond donors (Lipinski definition) is 0. The van der Waals surface area contributed by atoms with E-state index in [1.807, 2.05) is 42.6 Å². The van der Waals surface area contributed by atoms with Gasteiger partial charge in [-0.3, -0.25) is 4.99 Å². The molecular formula is C15H13ClN2. The smallest absolute Gasteiger partial charge is 0.0643 e. The number of aliphatic imine (C=N–C) groups is 1. The molecule has 0 unspecified atom stereocenters. The minimum absolute atomic E-state index is 0.772. The Bertz CT molecular complexity index is 593. The molecule has 3 rings (SSSR count). The summed E-state index contributed by atoms with van der Waals surface area (Å²) in [5, 5.41) is 0.772. The van der Waals surface area contributed by atoms with Gasteiger partial charge in [0.05, 0.1) is 22.9 Å². The molecule has 0 spiro atoms. The molecule has 3 heteroatoms. The third-order valence-corrected chi connectivity index (χ3v) is 3.37. The Morgan fingerprint density at radius 1 is 0.944 bits per heavy atom. The molecule has 1 aliphatic rings. The molecule has 18 heavy (non-hydrogen) atoms. The summed E-state index contributed by atoms with van der Waals surface area (Å²) in [5.74, 6) is 0. The highest BCUT2D eigenvalue weighted by atomic mass is 35.5. The van der Waals surface area contributed by atoms with E-state index in [4.69, 9.17) is 11.6 Å². The van der Waals surface area contributed by atoms with Gasteiger partial charge in [-0.2, -0.15) is 0 Å². The van der Waals surface area contributed by atoms with Crippen molar-refractivity contribution in [1.29, 1.82) is 0 Å². The van der Waals surface area contributed by atoms with Gasteiger partial charge in [0, 0.05) is 18.3 Å². The van der Waals surface area contributed by atoms with Crippen LogP contribution in [0.25, 0.3) is 0 Å². The summed E-state index contributed by atoms with van der Waals surface area (Å²) < 4.78 is 0. The van der Waals surface area contributed by atoms with Crippen molar-refractivity contribution >= 4 is 29.2 Å². The van der Waals surface area contributed by atoms with Gasteiger partial charge < -0.3 is 4.90 Å². The number of para-hydroxylation sites is 2. The molecule has 0 atom stereocenters. The average Bonchev–Trinajstić information content (AvgIpc) is 2.62. The third-order valence-electron chi connectivity index (χ3n) is 3.05. The first kappa shape index (κ1) is 11.3. The van der Waals surface area contributed by atoms with Gasteiger partial charge in [-0.25, -0.2) is 0 Å².